The Kier molecular flexibility index (Phi) is 3.48. The second kappa shape index (κ2) is 4.14. The van der Waals surface area contributed by atoms with Crippen molar-refractivity contribution in [3.63, 3.8) is 0 Å². The van der Waals surface area contributed by atoms with Crippen molar-refractivity contribution in [1.29, 1.82) is 10.5 Å². The van der Waals surface area contributed by atoms with E-state index in [1.165, 1.54) is 6.08 Å². The number of allylic oxidation sites excluding steroid dienone is 4. The summed E-state index contributed by atoms with van der Waals surface area (Å²) in [6.45, 7) is 3.31. The smallest absolute Gasteiger partial charge is 0.101 e. The number of nitrogens with two attached hydrogens (primary N) is 1. The quantitative estimate of drug-likeness (QED) is 0.447. The second-order valence-corrected chi connectivity index (χ2v) is 2.13. The zero-order valence-electron chi connectivity index (χ0n) is 6.55. The maximum Gasteiger partial charge on any atom is 0.101 e. The number of nitrogens with zero attached hydrogens (tertiary/aromatic N) is 2. The lowest BCUT2D eigenvalue weighted by Gasteiger charge is -1.97. The molecule has 0 aliphatic heterocycles. The van der Waals surface area contributed by atoms with E-state index in [9.17, 15) is 0 Å². The fourth-order valence-corrected chi connectivity index (χ4v) is 0.656. The fourth-order valence-electron chi connectivity index (χ4n) is 0.656. The van der Waals surface area contributed by atoms with Crippen molar-refractivity contribution in [2.24, 2.45) is 5.73 Å². The molecule has 0 spiro atoms. The molecule has 3 nitrogen and oxygen atoms in total. The fraction of sp³-hybridized carbons (Fsp3) is 0.250. The van der Waals surface area contributed by atoms with Crippen LogP contribution in [-0.2, 0) is 0 Å². The molecule has 0 heterocycles. The maximum absolute atomic E-state index is 8.56. The molecule has 0 amide bonds. The summed E-state index contributed by atoms with van der Waals surface area (Å²) in [5.41, 5.74) is 6.81. The van der Waals surface area contributed by atoms with Crippen molar-refractivity contribution in [3.8, 4) is 12.1 Å². The molecule has 0 fully saturated rings. The Balaban J connectivity index is 4.91. The van der Waals surface area contributed by atoms with Crippen LogP contribution >= 0.6 is 0 Å². The van der Waals surface area contributed by atoms with Crippen molar-refractivity contribution < 1.29 is 0 Å². The summed E-state index contributed by atoms with van der Waals surface area (Å²) in [6, 6.07) is 3.76. The largest absolute Gasteiger partial charge is 0.401 e. The molecule has 0 aromatic carbocycles. The second-order valence-electron chi connectivity index (χ2n) is 2.13. The van der Waals surface area contributed by atoms with Gasteiger partial charge in [0.05, 0.1) is 11.6 Å². The Morgan fingerprint density at radius 3 is 2.18 bits per heavy atom. The third kappa shape index (κ3) is 2.55. The van der Waals surface area contributed by atoms with Gasteiger partial charge in [0.2, 0.25) is 0 Å². The van der Waals surface area contributed by atoms with E-state index in [-0.39, 0.29) is 0 Å². The average Bonchev–Trinajstić information content (AvgIpc) is 1.88. The van der Waals surface area contributed by atoms with Crippen LogP contribution < -0.4 is 5.73 Å². The molecule has 3 heteroatoms. The summed E-state index contributed by atoms with van der Waals surface area (Å²) in [6.07, 6.45) is 1.30. The zero-order valence-corrected chi connectivity index (χ0v) is 6.55. The Hall–Kier alpha value is -1.74. The van der Waals surface area contributed by atoms with E-state index < -0.39 is 0 Å². The van der Waals surface area contributed by atoms with Crippen LogP contribution in [-0.4, -0.2) is 0 Å². The van der Waals surface area contributed by atoms with Crippen molar-refractivity contribution >= 4 is 0 Å². The van der Waals surface area contributed by atoms with E-state index in [0.717, 1.165) is 0 Å². The average molecular weight is 147 g/mol. The van der Waals surface area contributed by atoms with Gasteiger partial charge < -0.3 is 5.73 Å². The van der Waals surface area contributed by atoms with Gasteiger partial charge in [-0.1, -0.05) is 0 Å². The molecule has 2 N–H and O–H groups in total. The van der Waals surface area contributed by atoms with E-state index in [4.69, 9.17) is 16.3 Å². The lowest BCUT2D eigenvalue weighted by molar-refractivity contribution is 1.23. The molecule has 56 valence electrons. The van der Waals surface area contributed by atoms with Crippen LogP contribution in [0.2, 0.25) is 0 Å². The molecule has 0 aromatic heterocycles. The van der Waals surface area contributed by atoms with Gasteiger partial charge in [0.15, 0.2) is 0 Å². The molecule has 0 aromatic rings. The highest BCUT2D eigenvalue weighted by Gasteiger charge is 1.99. The van der Waals surface area contributed by atoms with Crippen molar-refractivity contribution in [1.82, 2.24) is 0 Å². The first-order chi connectivity index (χ1) is 5.13. The normalized spacial score (nSPS) is 12.9. The molecular weight excluding hydrogens is 138 g/mol. The molecule has 0 aliphatic rings. The van der Waals surface area contributed by atoms with E-state index >= 15 is 0 Å². The molecular formula is C8H9N3. The summed E-state index contributed by atoms with van der Waals surface area (Å²) in [5, 5.41) is 16.8. The summed E-state index contributed by atoms with van der Waals surface area (Å²) in [4.78, 5) is 0. The third-order valence-electron chi connectivity index (χ3n) is 1.18. The van der Waals surface area contributed by atoms with Gasteiger partial charge in [0, 0.05) is 11.8 Å². The Morgan fingerprint density at radius 1 is 1.36 bits per heavy atom. The summed E-state index contributed by atoms with van der Waals surface area (Å²) in [5.74, 6) is 0. The number of nitriles is 2. The van der Waals surface area contributed by atoms with Crippen molar-refractivity contribution in [2.45, 2.75) is 13.8 Å². The topological polar surface area (TPSA) is 73.6 Å². The van der Waals surface area contributed by atoms with Gasteiger partial charge >= 0.3 is 0 Å². The Bertz CT molecular complexity index is 279. The first-order valence-electron chi connectivity index (χ1n) is 3.06. The lowest BCUT2D eigenvalue weighted by atomic mass is 10.1. The lowest BCUT2D eigenvalue weighted by Crippen LogP contribution is -1.97. The monoisotopic (exact) mass is 147 g/mol. The first kappa shape index (κ1) is 9.26. The minimum absolute atomic E-state index is 0.381. The number of rotatable bonds is 1. The highest BCUT2D eigenvalue weighted by molar-refractivity contribution is 5.44. The summed E-state index contributed by atoms with van der Waals surface area (Å²) < 4.78 is 0. The summed E-state index contributed by atoms with van der Waals surface area (Å²) >= 11 is 0. The maximum atomic E-state index is 8.56. The molecule has 0 atom stereocenters. The van der Waals surface area contributed by atoms with Gasteiger partial charge in [-0.25, -0.2) is 0 Å². The molecule has 0 saturated heterocycles. The van der Waals surface area contributed by atoms with Crippen LogP contribution in [0.3, 0.4) is 0 Å². The predicted octanol–water partition coefficient (Wildman–Crippen LogP) is 1.21. The van der Waals surface area contributed by atoms with E-state index in [0.29, 0.717) is 16.8 Å². The predicted molar refractivity (Wildman–Crippen MR) is 41.9 cm³/mol. The van der Waals surface area contributed by atoms with Gasteiger partial charge in [0.25, 0.3) is 0 Å². The molecule has 0 radical (unpaired) electrons. The standard InChI is InChI=1S/C8H9N3/c1-6(3-4-9)8(5-10)7(2)11/h3H,11H2,1-2H3. The van der Waals surface area contributed by atoms with Crippen molar-refractivity contribution in [3.05, 3.63) is 22.9 Å². The van der Waals surface area contributed by atoms with Crippen LogP contribution in [0.4, 0.5) is 0 Å². The highest BCUT2D eigenvalue weighted by atomic mass is 14.6. The molecule has 0 aliphatic carbocycles. The molecule has 0 unspecified atom stereocenters. The molecule has 0 rings (SSSR count). The van der Waals surface area contributed by atoms with Gasteiger partial charge in [-0.15, -0.1) is 0 Å². The Labute approximate surface area is 66.0 Å². The highest BCUT2D eigenvalue weighted by Crippen LogP contribution is 2.09. The third-order valence-corrected chi connectivity index (χ3v) is 1.18. The van der Waals surface area contributed by atoms with Crippen molar-refractivity contribution in [2.75, 3.05) is 0 Å². The van der Waals surface area contributed by atoms with E-state index in [1.54, 1.807) is 13.8 Å². The van der Waals surface area contributed by atoms with E-state index in [1.807, 2.05) is 12.1 Å². The SMILES string of the molecule is CC(=CC#N)C(C#N)=C(C)N. The number of hydrogen-bond donors (Lipinski definition) is 1. The molecule has 11 heavy (non-hydrogen) atoms. The van der Waals surface area contributed by atoms with Gasteiger partial charge in [-0.05, 0) is 19.4 Å². The molecule has 0 bridgehead atoms. The molecule has 0 saturated carbocycles. The van der Waals surface area contributed by atoms with E-state index in [2.05, 4.69) is 0 Å². The van der Waals surface area contributed by atoms with Crippen LogP contribution in [0, 0.1) is 22.7 Å². The minimum atomic E-state index is 0.381. The van der Waals surface area contributed by atoms with Gasteiger partial charge in [0.1, 0.15) is 6.07 Å². The van der Waals surface area contributed by atoms with Gasteiger partial charge in [-0.3, -0.25) is 0 Å². The zero-order chi connectivity index (χ0) is 8.85. The van der Waals surface area contributed by atoms with Crippen LogP contribution in [0.5, 0.6) is 0 Å². The number of hydrogen-bond acceptors (Lipinski definition) is 3. The van der Waals surface area contributed by atoms with Gasteiger partial charge in [-0.2, -0.15) is 10.5 Å². The first-order valence-corrected chi connectivity index (χ1v) is 3.06. The van der Waals surface area contributed by atoms with Crippen LogP contribution in [0.1, 0.15) is 13.8 Å². The Morgan fingerprint density at radius 2 is 1.91 bits per heavy atom. The summed E-state index contributed by atoms with van der Waals surface area (Å²) in [7, 11) is 0. The van der Waals surface area contributed by atoms with Crippen LogP contribution in [0.25, 0.3) is 0 Å². The minimum Gasteiger partial charge on any atom is -0.401 e. The van der Waals surface area contributed by atoms with Crippen LogP contribution in [0.15, 0.2) is 22.9 Å².